The number of carbonyl (C=O) groups excluding carboxylic acids is 2. The standard InChI is InChI=1S/C23H24N4O3S/c24-22(28)16-8-10-27(11-9-16)21-7-2-1-6-20(21)26-23(29)17-4-3-5-19(12-17)30-13-18-14-31-15-25-18/h1-7,12,14-16H,8-11,13H2,(H2,24,28)(H,26,29). The number of thiazole rings is 1. The Bertz CT molecular complexity index is 1050. The van der Waals surface area contributed by atoms with Crippen LogP contribution in [0.1, 0.15) is 28.9 Å². The van der Waals surface area contributed by atoms with Gasteiger partial charge in [-0.15, -0.1) is 11.3 Å². The van der Waals surface area contributed by atoms with Crippen LogP contribution in [0.2, 0.25) is 0 Å². The third-order valence-electron chi connectivity index (χ3n) is 5.36. The molecule has 1 aliphatic rings. The second-order valence-corrected chi connectivity index (χ2v) is 8.15. The van der Waals surface area contributed by atoms with E-state index in [-0.39, 0.29) is 17.7 Å². The highest BCUT2D eigenvalue weighted by atomic mass is 32.1. The summed E-state index contributed by atoms with van der Waals surface area (Å²) < 4.78 is 5.76. The first-order valence-corrected chi connectivity index (χ1v) is 11.1. The van der Waals surface area contributed by atoms with Crippen LogP contribution in [0.15, 0.2) is 59.4 Å². The van der Waals surface area contributed by atoms with E-state index in [1.807, 2.05) is 35.7 Å². The normalized spacial score (nSPS) is 14.3. The van der Waals surface area contributed by atoms with Crippen molar-refractivity contribution >= 4 is 34.5 Å². The highest BCUT2D eigenvalue weighted by Gasteiger charge is 2.24. The van der Waals surface area contributed by atoms with Crippen molar-refractivity contribution in [2.45, 2.75) is 19.4 Å². The van der Waals surface area contributed by atoms with Crippen molar-refractivity contribution in [3.63, 3.8) is 0 Å². The Hall–Kier alpha value is -3.39. The SMILES string of the molecule is NC(=O)C1CCN(c2ccccc2NC(=O)c2cccc(OCc3cscn3)c2)CC1. The zero-order valence-corrected chi connectivity index (χ0v) is 17.8. The number of piperidine rings is 1. The summed E-state index contributed by atoms with van der Waals surface area (Å²) in [6, 6.07) is 14.8. The summed E-state index contributed by atoms with van der Waals surface area (Å²) in [4.78, 5) is 30.7. The molecule has 0 unspecified atom stereocenters. The van der Waals surface area contributed by atoms with Gasteiger partial charge in [-0.3, -0.25) is 9.59 Å². The molecule has 3 aromatic rings. The van der Waals surface area contributed by atoms with Crippen LogP contribution in [0.5, 0.6) is 5.75 Å². The van der Waals surface area contributed by atoms with Gasteiger partial charge in [0, 0.05) is 30.0 Å². The fourth-order valence-electron chi connectivity index (χ4n) is 3.65. The van der Waals surface area contributed by atoms with Crippen LogP contribution in [0.4, 0.5) is 11.4 Å². The van der Waals surface area contributed by atoms with Gasteiger partial charge < -0.3 is 20.7 Å². The Morgan fingerprint density at radius 3 is 2.71 bits per heavy atom. The number of rotatable bonds is 7. The lowest BCUT2D eigenvalue weighted by molar-refractivity contribution is -0.122. The molecule has 160 valence electrons. The number of amides is 2. The number of benzene rings is 2. The van der Waals surface area contributed by atoms with Gasteiger partial charge >= 0.3 is 0 Å². The Balaban J connectivity index is 1.43. The average Bonchev–Trinajstić information content (AvgIpc) is 3.32. The monoisotopic (exact) mass is 436 g/mol. The maximum atomic E-state index is 12.9. The quantitative estimate of drug-likeness (QED) is 0.589. The zero-order valence-electron chi connectivity index (χ0n) is 17.0. The van der Waals surface area contributed by atoms with E-state index in [0.29, 0.717) is 17.9 Å². The highest BCUT2D eigenvalue weighted by Crippen LogP contribution is 2.30. The second kappa shape index (κ2) is 9.61. The zero-order chi connectivity index (χ0) is 21.6. The van der Waals surface area contributed by atoms with Gasteiger partial charge in [-0.1, -0.05) is 18.2 Å². The van der Waals surface area contributed by atoms with Gasteiger partial charge in [0.05, 0.1) is 22.6 Å². The van der Waals surface area contributed by atoms with Gasteiger partial charge in [-0.2, -0.15) is 0 Å². The molecule has 2 aromatic carbocycles. The van der Waals surface area contributed by atoms with Crippen molar-refractivity contribution in [1.82, 2.24) is 4.98 Å². The van der Waals surface area contributed by atoms with E-state index in [1.54, 1.807) is 23.7 Å². The topological polar surface area (TPSA) is 97.6 Å². The predicted octanol–water partition coefficient (Wildman–Crippen LogP) is 3.68. The maximum absolute atomic E-state index is 12.9. The number of anilines is 2. The van der Waals surface area contributed by atoms with Crippen LogP contribution in [0.3, 0.4) is 0 Å². The van der Waals surface area contributed by atoms with Gasteiger partial charge in [0.2, 0.25) is 5.91 Å². The van der Waals surface area contributed by atoms with E-state index in [9.17, 15) is 9.59 Å². The first kappa shape index (κ1) is 20.9. The van der Waals surface area contributed by atoms with Gasteiger partial charge in [0.15, 0.2) is 0 Å². The molecule has 8 heteroatoms. The summed E-state index contributed by atoms with van der Waals surface area (Å²) in [7, 11) is 0. The molecular weight excluding hydrogens is 412 g/mol. The molecule has 1 aliphatic heterocycles. The molecule has 0 atom stereocenters. The highest BCUT2D eigenvalue weighted by molar-refractivity contribution is 7.07. The lowest BCUT2D eigenvalue weighted by Crippen LogP contribution is -2.38. The number of hydrogen-bond donors (Lipinski definition) is 2. The lowest BCUT2D eigenvalue weighted by atomic mass is 9.96. The van der Waals surface area contributed by atoms with Gasteiger partial charge in [-0.25, -0.2) is 4.98 Å². The number of carbonyl (C=O) groups is 2. The van der Waals surface area contributed by atoms with E-state index < -0.39 is 0 Å². The van der Waals surface area contributed by atoms with E-state index in [1.165, 1.54) is 11.3 Å². The molecule has 7 nitrogen and oxygen atoms in total. The van der Waals surface area contributed by atoms with Crippen LogP contribution >= 0.6 is 11.3 Å². The van der Waals surface area contributed by atoms with E-state index >= 15 is 0 Å². The molecule has 0 aliphatic carbocycles. The molecule has 2 heterocycles. The van der Waals surface area contributed by atoms with Crippen molar-refractivity contribution in [3.05, 3.63) is 70.7 Å². The van der Waals surface area contributed by atoms with Crippen molar-refractivity contribution in [1.29, 1.82) is 0 Å². The molecule has 3 N–H and O–H groups in total. The molecule has 31 heavy (non-hydrogen) atoms. The Kier molecular flexibility index (Phi) is 6.47. The summed E-state index contributed by atoms with van der Waals surface area (Å²) in [5.74, 6) is 0.0872. The second-order valence-electron chi connectivity index (χ2n) is 7.43. The maximum Gasteiger partial charge on any atom is 0.255 e. The molecule has 0 bridgehead atoms. The molecule has 4 rings (SSSR count). The lowest BCUT2D eigenvalue weighted by Gasteiger charge is -2.33. The number of aromatic nitrogens is 1. The van der Waals surface area contributed by atoms with E-state index in [2.05, 4.69) is 15.2 Å². The van der Waals surface area contributed by atoms with Crippen LogP contribution < -0.4 is 20.7 Å². The number of primary amides is 1. The number of nitrogens with two attached hydrogens (primary N) is 1. The molecule has 1 fully saturated rings. The number of para-hydroxylation sites is 2. The van der Waals surface area contributed by atoms with Crippen molar-refractivity contribution in [2.75, 3.05) is 23.3 Å². The van der Waals surface area contributed by atoms with E-state index in [0.717, 1.165) is 43.0 Å². The first-order chi connectivity index (χ1) is 15.1. The smallest absolute Gasteiger partial charge is 0.255 e. The van der Waals surface area contributed by atoms with Gasteiger partial charge in [-0.05, 0) is 43.2 Å². The third kappa shape index (κ3) is 5.21. The van der Waals surface area contributed by atoms with Crippen molar-refractivity contribution < 1.29 is 14.3 Å². The largest absolute Gasteiger partial charge is 0.487 e. The first-order valence-electron chi connectivity index (χ1n) is 10.1. The van der Waals surface area contributed by atoms with Crippen molar-refractivity contribution in [2.24, 2.45) is 11.7 Å². The van der Waals surface area contributed by atoms with Gasteiger partial charge in [0.1, 0.15) is 12.4 Å². The molecule has 1 saturated heterocycles. The Labute approximate surface area is 184 Å². The molecule has 1 aromatic heterocycles. The minimum atomic E-state index is -0.238. The molecule has 0 saturated carbocycles. The Morgan fingerprint density at radius 1 is 1.16 bits per heavy atom. The minimum absolute atomic E-state index is 0.0787. The number of ether oxygens (including phenoxy) is 1. The van der Waals surface area contributed by atoms with Crippen molar-refractivity contribution in [3.8, 4) is 5.75 Å². The number of nitrogens with zero attached hydrogens (tertiary/aromatic N) is 2. The average molecular weight is 437 g/mol. The summed E-state index contributed by atoms with van der Waals surface area (Å²) in [6.07, 6.45) is 1.44. The number of hydrogen-bond acceptors (Lipinski definition) is 6. The molecule has 2 amide bonds. The third-order valence-corrected chi connectivity index (χ3v) is 5.99. The summed E-state index contributed by atoms with van der Waals surface area (Å²) in [5.41, 5.74) is 10.2. The van der Waals surface area contributed by atoms with Crippen LogP contribution in [0.25, 0.3) is 0 Å². The Morgan fingerprint density at radius 2 is 1.97 bits per heavy atom. The fourth-order valence-corrected chi connectivity index (χ4v) is 4.19. The minimum Gasteiger partial charge on any atom is -0.487 e. The predicted molar refractivity (Wildman–Crippen MR) is 121 cm³/mol. The molecule has 0 radical (unpaired) electrons. The van der Waals surface area contributed by atoms with Crippen LogP contribution in [-0.2, 0) is 11.4 Å². The van der Waals surface area contributed by atoms with Crippen LogP contribution in [-0.4, -0.2) is 29.9 Å². The summed E-state index contributed by atoms with van der Waals surface area (Å²) in [6.45, 7) is 1.81. The van der Waals surface area contributed by atoms with Crippen LogP contribution in [0, 0.1) is 5.92 Å². The van der Waals surface area contributed by atoms with E-state index in [4.69, 9.17) is 10.5 Å². The fraction of sp³-hybridized carbons (Fsp3) is 0.261. The van der Waals surface area contributed by atoms with Gasteiger partial charge in [0.25, 0.3) is 5.91 Å². The molecular formula is C23H24N4O3S. The number of nitrogens with one attached hydrogen (secondary N) is 1. The summed E-state index contributed by atoms with van der Waals surface area (Å²) >= 11 is 1.52. The summed E-state index contributed by atoms with van der Waals surface area (Å²) in [5, 5.41) is 4.95. The molecule has 0 spiro atoms.